The molecule has 4 nitrogen and oxygen atoms in total. The summed E-state index contributed by atoms with van der Waals surface area (Å²) in [6.45, 7) is 0. The Hall–Kier alpha value is -5.35. The second kappa shape index (κ2) is 12.2. The van der Waals surface area contributed by atoms with Crippen LogP contribution in [-0.4, -0.2) is 24.9 Å². The lowest BCUT2D eigenvalue weighted by Crippen LogP contribution is -2.26. The highest BCUT2D eigenvalue weighted by atomic mass is 16.3. The molecule has 0 fully saturated rings. The van der Waals surface area contributed by atoms with Crippen molar-refractivity contribution in [2.75, 3.05) is 7.05 Å². The number of fused-ring (bicyclic) bond motifs is 5. The third-order valence-electron chi connectivity index (χ3n) is 9.10. The molecule has 0 spiro atoms. The van der Waals surface area contributed by atoms with Gasteiger partial charge >= 0.3 is 0 Å². The van der Waals surface area contributed by atoms with E-state index >= 15 is 0 Å². The summed E-state index contributed by atoms with van der Waals surface area (Å²) >= 11 is 0. The first-order valence-corrected chi connectivity index (χ1v) is 16.3. The normalized spacial score (nSPS) is 19.6. The van der Waals surface area contributed by atoms with Crippen LogP contribution >= 0.6 is 0 Å². The average molecular weight is 598 g/mol. The third kappa shape index (κ3) is 5.00. The Morgan fingerprint density at radius 3 is 2.54 bits per heavy atom. The van der Waals surface area contributed by atoms with Gasteiger partial charge in [0.25, 0.3) is 0 Å². The van der Waals surface area contributed by atoms with Crippen LogP contribution in [-0.2, 0) is 0 Å². The van der Waals surface area contributed by atoms with Crippen molar-refractivity contribution in [1.82, 2.24) is 0 Å². The quantitative estimate of drug-likeness (QED) is 0.0868. The molecule has 0 N–H and O–H groups in total. The molecule has 0 radical (unpaired) electrons. The van der Waals surface area contributed by atoms with Gasteiger partial charge in [-0.2, -0.15) is 0 Å². The molecule has 6 aromatic rings. The van der Waals surface area contributed by atoms with E-state index in [1.54, 1.807) is 0 Å². The molecule has 1 aromatic heterocycles. The molecule has 224 valence electrons. The molecular formula is C42H35N3O. The zero-order valence-electron chi connectivity index (χ0n) is 26.0. The van der Waals surface area contributed by atoms with Gasteiger partial charge < -0.3 is 4.42 Å². The van der Waals surface area contributed by atoms with Gasteiger partial charge in [0.15, 0.2) is 11.7 Å². The van der Waals surface area contributed by atoms with Crippen molar-refractivity contribution in [2.24, 2.45) is 15.0 Å². The summed E-state index contributed by atoms with van der Waals surface area (Å²) in [7, 11) is 1.81. The Kier molecular flexibility index (Phi) is 7.47. The maximum atomic E-state index is 6.84. The van der Waals surface area contributed by atoms with Gasteiger partial charge in [0.2, 0.25) is 0 Å². The SMILES string of the molecule is CN=C(N=C(N=Cc1ccccc1)c1cccc2cc3c4/c(c5cccc6oc(c12)c3c65)=C\C=CCC\C=4)C1=C/CCCC/C=C\1. The van der Waals surface area contributed by atoms with Crippen molar-refractivity contribution >= 4 is 73.5 Å². The van der Waals surface area contributed by atoms with E-state index < -0.39 is 0 Å². The fourth-order valence-corrected chi connectivity index (χ4v) is 6.94. The van der Waals surface area contributed by atoms with Crippen molar-refractivity contribution in [3.05, 3.63) is 130 Å². The molecule has 0 aliphatic heterocycles. The van der Waals surface area contributed by atoms with Crippen LogP contribution in [0.4, 0.5) is 0 Å². The number of nitrogens with zero attached hydrogens (tertiary/aromatic N) is 3. The third-order valence-corrected chi connectivity index (χ3v) is 9.10. The van der Waals surface area contributed by atoms with Crippen molar-refractivity contribution in [2.45, 2.75) is 38.5 Å². The molecule has 2 aliphatic carbocycles. The number of benzene rings is 5. The largest absolute Gasteiger partial charge is 0.455 e. The summed E-state index contributed by atoms with van der Waals surface area (Å²) in [6.07, 6.45) is 24.1. The summed E-state index contributed by atoms with van der Waals surface area (Å²) in [5, 5.41) is 9.44. The Morgan fingerprint density at radius 1 is 0.739 bits per heavy atom. The van der Waals surface area contributed by atoms with Crippen molar-refractivity contribution in [3.63, 3.8) is 0 Å². The first-order valence-electron chi connectivity index (χ1n) is 16.3. The second-order valence-electron chi connectivity index (χ2n) is 12.0. The van der Waals surface area contributed by atoms with E-state index in [9.17, 15) is 0 Å². The molecule has 5 aromatic carbocycles. The Balaban J connectivity index is 1.44. The van der Waals surface area contributed by atoms with Gasteiger partial charge in [-0.25, -0.2) is 9.98 Å². The highest BCUT2D eigenvalue weighted by Crippen LogP contribution is 2.40. The number of hydrogen-bond acceptors (Lipinski definition) is 2. The van der Waals surface area contributed by atoms with Gasteiger partial charge in [-0.05, 0) is 82.8 Å². The van der Waals surface area contributed by atoms with Crippen molar-refractivity contribution < 1.29 is 4.42 Å². The van der Waals surface area contributed by atoms with Crippen LogP contribution in [0.5, 0.6) is 0 Å². The predicted molar refractivity (Wildman–Crippen MR) is 196 cm³/mol. The molecule has 0 bridgehead atoms. The van der Waals surface area contributed by atoms with E-state index in [1.807, 2.05) is 31.5 Å². The number of furan rings is 1. The fraction of sp³-hybridized carbons (Fsp3) is 0.167. The topological polar surface area (TPSA) is 50.2 Å². The van der Waals surface area contributed by atoms with Crippen LogP contribution in [0.2, 0.25) is 0 Å². The van der Waals surface area contributed by atoms with E-state index in [0.717, 1.165) is 70.7 Å². The van der Waals surface area contributed by atoms with Gasteiger partial charge in [-0.3, -0.25) is 4.99 Å². The van der Waals surface area contributed by atoms with Crippen molar-refractivity contribution in [1.29, 1.82) is 0 Å². The van der Waals surface area contributed by atoms with E-state index in [4.69, 9.17) is 14.4 Å². The van der Waals surface area contributed by atoms with Crippen molar-refractivity contribution in [3.8, 4) is 0 Å². The summed E-state index contributed by atoms with van der Waals surface area (Å²) in [6, 6.07) is 25.3. The molecule has 1 heterocycles. The number of aliphatic imine (C=N–C) groups is 3. The van der Waals surface area contributed by atoms with Crippen LogP contribution in [0.25, 0.3) is 55.6 Å². The molecule has 0 atom stereocenters. The minimum Gasteiger partial charge on any atom is -0.455 e. The molecule has 0 amide bonds. The van der Waals surface area contributed by atoms with E-state index in [-0.39, 0.29) is 0 Å². The Bertz CT molecular complexity index is 2420. The number of hydrogen-bond donors (Lipinski definition) is 0. The average Bonchev–Trinajstić information content (AvgIpc) is 3.45. The minimum absolute atomic E-state index is 0.606. The summed E-state index contributed by atoms with van der Waals surface area (Å²) < 4.78 is 6.84. The molecular weight excluding hydrogens is 562 g/mol. The van der Waals surface area contributed by atoms with Crippen LogP contribution in [0.1, 0.15) is 49.7 Å². The molecule has 46 heavy (non-hydrogen) atoms. The van der Waals surface area contributed by atoms with E-state index in [2.05, 4.69) is 102 Å². The number of amidine groups is 2. The first-order chi connectivity index (χ1) is 22.8. The smallest absolute Gasteiger partial charge is 0.162 e. The first kappa shape index (κ1) is 28.1. The van der Waals surface area contributed by atoms with Crippen LogP contribution in [0, 0.1) is 0 Å². The maximum Gasteiger partial charge on any atom is 0.162 e. The van der Waals surface area contributed by atoms with Crippen LogP contribution < -0.4 is 10.4 Å². The fourth-order valence-electron chi connectivity index (χ4n) is 6.94. The minimum atomic E-state index is 0.606. The Morgan fingerprint density at radius 2 is 1.63 bits per heavy atom. The zero-order valence-corrected chi connectivity index (χ0v) is 26.0. The maximum absolute atomic E-state index is 6.84. The second-order valence-corrected chi connectivity index (χ2v) is 12.0. The van der Waals surface area contributed by atoms with Crippen LogP contribution in [0.15, 0.2) is 128 Å². The molecule has 4 heteroatoms. The van der Waals surface area contributed by atoms with Gasteiger partial charge in [-0.1, -0.05) is 103 Å². The molecule has 2 aliphatic rings. The van der Waals surface area contributed by atoms with Gasteiger partial charge in [-0.15, -0.1) is 0 Å². The van der Waals surface area contributed by atoms with Gasteiger partial charge in [0.05, 0.1) is 0 Å². The highest BCUT2D eigenvalue weighted by molar-refractivity contribution is 6.31. The van der Waals surface area contributed by atoms with Crippen LogP contribution in [0.3, 0.4) is 0 Å². The lowest BCUT2D eigenvalue weighted by atomic mass is 9.92. The molecule has 0 saturated carbocycles. The zero-order chi connectivity index (χ0) is 30.9. The lowest BCUT2D eigenvalue weighted by Gasteiger charge is -2.12. The van der Waals surface area contributed by atoms with E-state index in [1.165, 1.54) is 38.4 Å². The molecule has 8 rings (SSSR count). The standard InChI is InChI=1S/C42H35N3O/c1-43-41(29-18-10-3-2-4-11-19-29)45-42(44-27-28-16-8-7-9-17-28)34-24-14-20-30-26-35-32-22-13-6-5-12-21-31(32)33-23-15-25-36-38(33)39(35)40(46-36)37(30)34/h5,7-10,12,14-27H,2-4,6,11,13H2,1H3/b12-5?,18-10-,29-19+,31-21+,32-22+,43-41?,44-27?,45-42?. The monoisotopic (exact) mass is 597 g/mol. The molecule has 0 unspecified atom stereocenters. The number of rotatable bonds is 3. The van der Waals surface area contributed by atoms with Gasteiger partial charge in [0.1, 0.15) is 11.2 Å². The Labute approximate surface area is 268 Å². The van der Waals surface area contributed by atoms with E-state index in [0.29, 0.717) is 11.7 Å². The highest BCUT2D eigenvalue weighted by Gasteiger charge is 2.21. The summed E-state index contributed by atoms with van der Waals surface area (Å²) in [5.74, 6) is 1.29. The molecule has 0 saturated heterocycles. The van der Waals surface area contributed by atoms with Gasteiger partial charge in [0, 0.05) is 40.6 Å². The number of allylic oxidation sites excluding steroid dienone is 4. The summed E-state index contributed by atoms with van der Waals surface area (Å²) in [4.78, 5) is 14.9. The predicted octanol–water partition coefficient (Wildman–Crippen LogP) is 9.19. The summed E-state index contributed by atoms with van der Waals surface area (Å²) in [5.41, 5.74) is 4.74. The lowest BCUT2D eigenvalue weighted by molar-refractivity contribution is 0.673.